The molecule has 0 unspecified atom stereocenters. The van der Waals surface area contributed by atoms with Crippen LogP contribution in [0, 0.1) is 5.82 Å². The molecule has 98 valence electrons. The molecule has 2 aromatic rings. The van der Waals surface area contributed by atoms with Gasteiger partial charge in [0.05, 0.1) is 8.95 Å². The molecule has 0 saturated heterocycles. The smallest absolute Gasteiger partial charge is 0.141 e. The van der Waals surface area contributed by atoms with Gasteiger partial charge in [0.1, 0.15) is 22.3 Å². The average molecular weight is 405 g/mol. The summed E-state index contributed by atoms with van der Waals surface area (Å²) in [5.41, 5.74) is 6.29. The van der Waals surface area contributed by atoms with E-state index in [1.807, 2.05) is 0 Å². The van der Waals surface area contributed by atoms with Crippen molar-refractivity contribution in [3.63, 3.8) is 0 Å². The molecule has 0 atom stereocenters. The standard InChI is InChI=1S/C13H8Br2FNOS/c14-9-6-8(2-3-11(9)16)18-12-4-1-7(13(17)19)5-10(12)15/h1-6H,(H2,17,19). The lowest BCUT2D eigenvalue weighted by molar-refractivity contribution is 0.477. The van der Waals surface area contributed by atoms with Gasteiger partial charge in [-0.05, 0) is 68.3 Å². The molecule has 0 spiro atoms. The van der Waals surface area contributed by atoms with E-state index < -0.39 is 0 Å². The van der Waals surface area contributed by atoms with Crippen LogP contribution in [0.1, 0.15) is 5.56 Å². The average Bonchev–Trinajstić information content (AvgIpc) is 2.36. The summed E-state index contributed by atoms with van der Waals surface area (Å²) in [6.07, 6.45) is 0. The first-order valence-electron chi connectivity index (χ1n) is 5.19. The number of hydrogen-bond donors (Lipinski definition) is 1. The van der Waals surface area contributed by atoms with Gasteiger partial charge in [0.15, 0.2) is 0 Å². The Labute approximate surface area is 132 Å². The zero-order valence-electron chi connectivity index (χ0n) is 9.49. The van der Waals surface area contributed by atoms with Gasteiger partial charge in [0.25, 0.3) is 0 Å². The molecule has 0 heterocycles. The molecule has 6 heteroatoms. The number of ether oxygens (including phenoxy) is 1. The lowest BCUT2D eigenvalue weighted by Crippen LogP contribution is -2.08. The quantitative estimate of drug-likeness (QED) is 0.747. The monoisotopic (exact) mass is 403 g/mol. The van der Waals surface area contributed by atoms with Gasteiger partial charge in [-0.2, -0.15) is 0 Å². The van der Waals surface area contributed by atoms with Crippen molar-refractivity contribution in [1.82, 2.24) is 0 Å². The van der Waals surface area contributed by atoms with Crippen LogP contribution in [0.2, 0.25) is 0 Å². The highest BCUT2D eigenvalue weighted by Crippen LogP contribution is 2.32. The van der Waals surface area contributed by atoms with Gasteiger partial charge < -0.3 is 10.5 Å². The fourth-order valence-corrected chi connectivity index (χ4v) is 2.35. The molecule has 2 N–H and O–H groups in total. The van der Waals surface area contributed by atoms with Crippen molar-refractivity contribution >= 4 is 49.1 Å². The Kier molecular flexibility index (Phi) is 4.54. The minimum absolute atomic E-state index is 0.316. The summed E-state index contributed by atoms with van der Waals surface area (Å²) >= 11 is 11.4. The van der Waals surface area contributed by atoms with E-state index in [1.54, 1.807) is 30.3 Å². The van der Waals surface area contributed by atoms with Crippen LogP contribution in [0.5, 0.6) is 11.5 Å². The van der Waals surface area contributed by atoms with Crippen LogP contribution in [0.25, 0.3) is 0 Å². The third kappa shape index (κ3) is 3.52. The van der Waals surface area contributed by atoms with E-state index in [4.69, 9.17) is 22.7 Å². The van der Waals surface area contributed by atoms with Crippen molar-refractivity contribution in [2.45, 2.75) is 0 Å². The van der Waals surface area contributed by atoms with E-state index in [9.17, 15) is 4.39 Å². The van der Waals surface area contributed by atoms with Gasteiger partial charge in [-0.3, -0.25) is 0 Å². The molecule has 0 fully saturated rings. The molecule has 0 aromatic heterocycles. The van der Waals surface area contributed by atoms with E-state index in [1.165, 1.54) is 6.07 Å². The number of thiocarbonyl (C=S) groups is 1. The Morgan fingerprint density at radius 2 is 1.84 bits per heavy atom. The van der Waals surface area contributed by atoms with Crippen molar-refractivity contribution in [3.05, 3.63) is 56.7 Å². The third-order valence-electron chi connectivity index (χ3n) is 2.34. The molecule has 2 aromatic carbocycles. The molecule has 2 rings (SSSR count). The highest BCUT2D eigenvalue weighted by Gasteiger charge is 2.07. The van der Waals surface area contributed by atoms with Crippen LogP contribution < -0.4 is 10.5 Å². The first-order chi connectivity index (χ1) is 8.97. The zero-order valence-corrected chi connectivity index (χ0v) is 13.5. The molecule has 0 amide bonds. The molecule has 0 saturated carbocycles. The van der Waals surface area contributed by atoms with E-state index in [-0.39, 0.29) is 5.82 Å². The highest BCUT2D eigenvalue weighted by atomic mass is 79.9. The molecule has 0 bridgehead atoms. The minimum Gasteiger partial charge on any atom is -0.456 e. The van der Waals surface area contributed by atoms with Crippen LogP contribution in [0.3, 0.4) is 0 Å². The Morgan fingerprint density at radius 3 is 2.42 bits per heavy atom. The van der Waals surface area contributed by atoms with Crippen molar-refractivity contribution in [2.24, 2.45) is 5.73 Å². The Balaban J connectivity index is 2.28. The predicted octanol–water partition coefficient (Wildman–Crippen LogP) is 4.78. The second-order valence-electron chi connectivity index (χ2n) is 3.69. The topological polar surface area (TPSA) is 35.2 Å². The second-order valence-corrected chi connectivity index (χ2v) is 5.84. The van der Waals surface area contributed by atoms with Crippen LogP contribution in [-0.4, -0.2) is 4.99 Å². The molecular formula is C13H8Br2FNOS. The fraction of sp³-hybridized carbons (Fsp3) is 0. The lowest BCUT2D eigenvalue weighted by atomic mass is 10.2. The first-order valence-corrected chi connectivity index (χ1v) is 7.19. The van der Waals surface area contributed by atoms with Gasteiger partial charge in [0, 0.05) is 5.56 Å². The van der Waals surface area contributed by atoms with E-state index in [0.717, 1.165) is 10.0 Å². The van der Waals surface area contributed by atoms with Crippen molar-refractivity contribution in [3.8, 4) is 11.5 Å². The number of hydrogen-bond acceptors (Lipinski definition) is 2. The Hall–Kier alpha value is -0.980. The number of nitrogens with two attached hydrogens (primary N) is 1. The molecule has 0 radical (unpaired) electrons. The van der Waals surface area contributed by atoms with E-state index >= 15 is 0 Å². The summed E-state index contributed by atoms with van der Waals surface area (Å²) in [6.45, 7) is 0. The first kappa shape index (κ1) is 14.4. The molecular weight excluding hydrogens is 397 g/mol. The number of benzene rings is 2. The van der Waals surface area contributed by atoms with E-state index in [2.05, 4.69) is 31.9 Å². The third-order valence-corrected chi connectivity index (χ3v) is 3.80. The zero-order chi connectivity index (χ0) is 14.0. The van der Waals surface area contributed by atoms with Crippen LogP contribution in [0.4, 0.5) is 4.39 Å². The summed E-state index contributed by atoms with van der Waals surface area (Å²) in [5, 5.41) is 0. The van der Waals surface area contributed by atoms with Crippen LogP contribution >= 0.6 is 44.1 Å². The van der Waals surface area contributed by atoms with Crippen molar-refractivity contribution in [2.75, 3.05) is 0 Å². The van der Waals surface area contributed by atoms with Gasteiger partial charge in [0.2, 0.25) is 0 Å². The molecule has 2 nitrogen and oxygen atoms in total. The minimum atomic E-state index is -0.338. The molecule has 0 aliphatic carbocycles. The Morgan fingerprint density at radius 1 is 1.11 bits per heavy atom. The lowest BCUT2D eigenvalue weighted by Gasteiger charge is -2.09. The van der Waals surface area contributed by atoms with Crippen LogP contribution in [-0.2, 0) is 0 Å². The highest BCUT2D eigenvalue weighted by molar-refractivity contribution is 9.10. The summed E-state index contributed by atoms with van der Waals surface area (Å²) in [6, 6.07) is 9.72. The molecule has 0 aliphatic rings. The maximum absolute atomic E-state index is 13.1. The van der Waals surface area contributed by atoms with Gasteiger partial charge in [-0.25, -0.2) is 4.39 Å². The maximum Gasteiger partial charge on any atom is 0.141 e. The van der Waals surface area contributed by atoms with E-state index in [0.29, 0.717) is 21.0 Å². The predicted molar refractivity (Wildman–Crippen MR) is 84.2 cm³/mol. The molecule has 19 heavy (non-hydrogen) atoms. The maximum atomic E-state index is 13.1. The number of rotatable bonds is 3. The van der Waals surface area contributed by atoms with Crippen molar-refractivity contribution < 1.29 is 9.13 Å². The second kappa shape index (κ2) is 5.98. The summed E-state index contributed by atoms with van der Waals surface area (Å²) in [4.78, 5) is 0.316. The summed E-state index contributed by atoms with van der Waals surface area (Å²) < 4.78 is 19.8. The fourth-order valence-electron chi connectivity index (χ4n) is 1.40. The summed E-state index contributed by atoms with van der Waals surface area (Å²) in [5.74, 6) is 0.783. The SMILES string of the molecule is NC(=S)c1ccc(Oc2ccc(F)c(Br)c2)c(Br)c1. The normalized spacial score (nSPS) is 10.3. The van der Waals surface area contributed by atoms with Gasteiger partial charge >= 0.3 is 0 Å². The summed E-state index contributed by atoms with van der Waals surface area (Å²) in [7, 11) is 0. The number of halogens is 3. The van der Waals surface area contributed by atoms with Gasteiger partial charge in [-0.1, -0.05) is 12.2 Å². The molecule has 0 aliphatic heterocycles. The van der Waals surface area contributed by atoms with Crippen LogP contribution in [0.15, 0.2) is 45.3 Å². The largest absolute Gasteiger partial charge is 0.456 e. The van der Waals surface area contributed by atoms with Crippen molar-refractivity contribution in [1.29, 1.82) is 0 Å². The Bertz CT molecular complexity index is 649. The van der Waals surface area contributed by atoms with Gasteiger partial charge in [-0.15, -0.1) is 0 Å².